The van der Waals surface area contributed by atoms with E-state index in [-0.39, 0.29) is 24.8 Å². The Balaban J connectivity index is 1.50. The number of aromatic nitrogens is 3. The molecular weight excluding hydrogens is 332 g/mol. The molecule has 1 aliphatic rings. The van der Waals surface area contributed by atoms with E-state index >= 15 is 0 Å². The standard InChI is InChI=1S/C18H16N6O2/c25-17-10-9-14(22-24(17)13-6-2-1-3-7-13)18(26)19-12-16-21-20-15-8-4-5-11-23(15)16/h1-8,11H,9-10,12H2,(H,19,26). The van der Waals surface area contributed by atoms with Crippen molar-refractivity contribution < 1.29 is 9.59 Å². The third-order valence-electron chi connectivity index (χ3n) is 4.09. The molecule has 0 bridgehead atoms. The molecule has 1 aliphatic heterocycles. The molecule has 130 valence electrons. The second-order valence-electron chi connectivity index (χ2n) is 5.82. The number of nitrogens with zero attached hydrogens (tertiary/aromatic N) is 5. The monoisotopic (exact) mass is 348 g/mol. The zero-order valence-electron chi connectivity index (χ0n) is 13.9. The second kappa shape index (κ2) is 6.75. The van der Waals surface area contributed by atoms with Crippen LogP contribution in [0.15, 0.2) is 59.8 Å². The molecule has 0 aliphatic carbocycles. The van der Waals surface area contributed by atoms with Crippen LogP contribution in [0.3, 0.4) is 0 Å². The lowest BCUT2D eigenvalue weighted by molar-refractivity contribution is -0.119. The van der Waals surface area contributed by atoms with E-state index in [2.05, 4.69) is 20.6 Å². The lowest BCUT2D eigenvalue weighted by Gasteiger charge is -2.23. The number of amides is 2. The van der Waals surface area contributed by atoms with Gasteiger partial charge in [-0.15, -0.1) is 10.2 Å². The minimum absolute atomic E-state index is 0.129. The summed E-state index contributed by atoms with van der Waals surface area (Å²) in [5, 5.41) is 16.5. The Morgan fingerprint density at radius 3 is 2.69 bits per heavy atom. The first kappa shape index (κ1) is 15.9. The van der Waals surface area contributed by atoms with Crippen LogP contribution in [0.25, 0.3) is 5.65 Å². The maximum atomic E-state index is 12.5. The van der Waals surface area contributed by atoms with E-state index in [9.17, 15) is 9.59 Å². The van der Waals surface area contributed by atoms with Gasteiger partial charge in [0.25, 0.3) is 5.91 Å². The fourth-order valence-electron chi connectivity index (χ4n) is 2.76. The van der Waals surface area contributed by atoms with Crippen molar-refractivity contribution in [1.29, 1.82) is 0 Å². The zero-order valence-corrected chi connectivity index (χ0v) is 13.9. The molecule has 3 aromatic rings. The van der Waals surface area contributed by atoms with Crippen LogP contribution >= 0.6 is 0 Å². The van der Waals surface area contributed by atoms with E-state index in [1.54, 1.807) is 12.1 Å². The molecule has 0 saturated heterocycles. The summed E-state index contributed by atoms with van der Waals surface area (Å²) in [5.41, 5.74) is 1.68. The average molecular weight is 348 g/mol. The largest absolute Gasteiger partial charge is 0.344 e. The minimum Gasteiger partial charge on any atom is -0.344 e. The number of anilines is 1. The van der Waals surface area contributed by atoms with Crippen molar-refractivity contribution in [3.05, 3.63) is 60.6 Å². The smallest absolute Gasteiger partial charge is 0.267 e. The quantitative estimate of drug-likeness (QED) is 0.774. The van der Waals surface area contributed by atoms with Crippen molar-refractivity contribution in [3.63, 3.8) is 0 Å². The molecule has 2 amide bonds. The van der Waals surface area contributed by atoms with E-state index < -0.39 is 0 Å². The van der Waals surface area contributed by atoms with Crippen LogP contribution in [-0.2, 0) is 16.1 Å². The van der Waals surface area contributed by atoms with Crippen molar-refractivity contribution in [2.75, 3.05) is 5.01 Å². The molecule has 3 heterocycles. The number of hydrogen-bond donors (Lipinski definition) is 1. The van der Waals surface area contributed by atoms with Crippen LogP contribution in [-0.4, -0.2) is 32.1 Å². The van der Waals surface area contributed by atoms with E-state index in [0.29, 0.717) is 29.3 Å². The van der Waals surface area contributed by atoms with Crippen molar-refractivity contribution in [3.8, 4) is 0 Å². The first-order chi connectivity index (χ1) is 12.7. The van der Waals surface area contributed by atoms with Gasteiger partial charge in [0, 0.05) is 19.0 Å². The molecule has 4 rings (SSSR count). The van der Waals surface area contributed by atoms with Crippen LogP contribution < -0.4 is 10.3 Å². The van der Waals surface area contributed by atoms with Crippen LogP contribution in [0.1, 0.15) is 18.7 Å². The predicted octanol–water partition coefficient (Wildman–Crippen LogP) is 1.53. The van der Waals surface area contributed by atoms with Gasteiger partial charge in [0.15, 0.2) is 11.5 Å². The van der Waals surface area contributed by atoms with Gasteiger partial charge in [-0.2, -0.15) is 5.10 Å². The summed E-state index contributed by atoms with van der Waals surface area (Å²) >= 11 is 0. The molecule has 1 N–H and O–H groups in total. The van der Waals surface area contributed by atoms with Gasteiger partial charge in [-0.25, -0.2) is 5.01 Å². The zero-order chi connectivity index (χ0) is 17.9. The Kier molecular flexibility index (Phi) is 4.14. The Hall–Kier alpha value is -3.55. The Morgan fingerprint density at radius 2 is 1.85 bits per heavy atom. The lowest BCUT2D eigenvalue weighted by Crippen LogP contribution is -2.39. The maximum absolute atomic E-state index is 12.5. The number of fused-ring (bicyclic) bond motifs is 1. The minimum atomic E-state index is -0.314. The molecular formula is C18H16N6O2. The number of para-hydroxylation sites is 1. The summed E-state index contributed by atoms with van der Waals surface area (Å²) in [7, 11) is 0. The molecule has 0 saturated carbocycles. The Bertz CT molecular complexity index is 995. The third kappa shape index (κ3) is 3.04. The summed E-state index contributed by atoms with van der Waals surface area (Å²) in [6.07, 6.45) is 2.40. The van der Waals surface area contributed by atoms with Crippen LogP contribution in [0.2, 0.25) is 0 Å². The fraction of sp³-hybridized carbons (Fsp3) is 0.167. The number of hydrogen-bond acceptors (Lipinski definition) is 5. The van der Waals surface area contributed by atoms with Gasteiger partial charge in [0.2, 0.25) is 5.91 Å². The topological polar surface area (TPSA) is 92.0 Å². The van der Waals surface area contributed by atoms with Crippen LogP contribution in [0.4, 0.5) is 5.69 Å². The van der Waals surface area contributed by atoms with Gasteiger partial charge in [0.05, 0.1) is 12.2 Å². The number of carbonyl (C=O) groups is 2. The van der Waals surface area contributed by atoms with Crippen molar-refractivity contribution in [2.24, 2.45) is 5.10 Å². The lowest BCUT2D eigenvalue weighted by atomic mass is 10.1. The van der Waals surface area contributed by atoms with Gasteiger partial charge in [-0.05, 0) is 24.3 Å². The molecule has 26 heavy (non-hydrogen) atoms. The van der Waals surface area contributed by atoms with E-state index in [0.717, 1.165) is 0 Å². The summed E-state index contributed by atoms with van der Waals surface area (Å²) < 4.78 is 1.81. The summed E-state index contributed by atoms with van der Waals surface area (Å²) in [4.78, 5) is 24.6. The third-order valence-corrected chi connectivity index (χ3v) is 4.09. The van der Waals surface area contributed by atoms with E-state index in [1.165, 1.54) is 5.01 Å². The van der Waals surface area contributed by atoms with Crippen LogP contribution in [0.5, 0.6) is 0 Å². The highest BCUT2D eigenvalue weighted by atomic mass is 16.2. The van der Waals surface area contributed by atoms with Crippen molar-refractivity contribution in [2.45, 2.75) is 19.4 Å². The van der Waals surface area contributed by atoms with Gasteiger partial charge in [-0.3, -0.25) is 14.0 Å². The maximum Gasteiger partial charge on any atom is 0.267 e. The predicted molar refractivity (Wildman–Crippen MR) is 95.4 cm³/mol. The summed E-state index contributed by atoms with van der Waals surface area (Å²) in [6.45, 7) is 0.225. The van der Waals surface area contributed by atoms with Gasteiger partial charge in [0.1, 0.15) is 5.71 Å². The highest BCUT2D eigenvalue weighted by Gasteiger charge is 2.25. The summed E-state index contributed by atoms with van der Waals surface area (Å²) in [5.74, 6) is 0.184. The molecule has 8 nitrogen and oxygen atoms in total. The Morgan fingerprint density at radius 1 is 1.04 bits per heavy atom. The normalized spacial score (nSPS) is 14.4. The number of pyridine rings is 1. The molecule has 1 aromatic carbocycles. The van der Waals surface area contributed by atoms with Gasteiger partial charge in [-0.1, -0.05) is 24.3 Å². The van der Waals surface area contributed by atoms with Gasteiger partial charge < -0.3 is 5.32 Å². The highest BCUT2D eigenvalue weighted by molar-refractivity contribution is 6.40. The SMILES string of the molecule is O=C(NCc1nnc2ccccn12)C1=NN(c2ccccc2)C(=O)CC1. The van der Waals surface area contributed by atoms with Crippen LogP contribution in [0, 0.1) is 0 Å². The molecule has 2 aromatic heterocycles. The average Bonchev–Trinajstić information content (AvgIpc) is 3.10. The Labute approximate surface area is 149 Å². The first-order valence-corrected chi connectivity index (χ1v) is 8.25. The highest BCUT2D eigenvalue weighted by Crippen LogP contribution is 2.19. The summed E-state index contributed by atoms with van der Waals surface area (Å²) in [6, 6.07) is 14.7. The van der Waals surface area contributed by atoms with E-state index in [1.807, 2.05) is 47.0 Å². The second-order valence-corrected chi connectivity index (χ2v) is 5.82. The molecule has 8 heteroatoms. The first-order valence-electron chi connectivity index (χ1n) is 8.25. The number of nitrogens with one attached hydrogen (secondary N) is 1. The number of carbonyl (C=O) groups excluding carboxylic acids is 2. The fourth-order valence-corrected chi connectivity index (χ4v) is 2.76. The van der Waals surface area contributed by atoms with E-state index in [4.69, 9.17) is 0 Å². The van der Waals surface area contributed by atoms with Crippen molar-refractivity contribution >= 4 is 28.9 Å². The molecule has 0 radical (unpaired) electrons. The molecule has 0 spiro atoms. The number of benzene rings is 1. The van der Waals surface area contributed by atoms with Gasteiger partial charge >= 0.3 is 0 Å². The van der Waals surface area contributed by atoms with Crippen molar-refractivity contribution in [1.82, 2.24) is 19.9 Å². The molecule has 0 fully saturated rings. The molecule has 0 atom stereocenters. The number of hydrazone groups is 1. The number of rotatable bonds is 4. The molecule has 0 unspecified atom stereocenters.